The highest BCUT2D eigenvalue weighted by atomic mass is 79.9. The number of methoxy groups -OCH3 is 1. The van der Waals surface area contributed by atoms with Crippen LogP contribution in [0.5, 0.6) is 11.5 Å². The molecule has 0 aliphatic carbocycles. The maximum atomic E-state index is 5.69. The Morgan fingerprint density at radius 2 is 1.94 bits per heavy atom. The van der Waals surface area contributed by atoms with E-state index in [2.05, 4.69) is 35.0 Å². The number of aryl methyl sites for hydroxylation is 1. The highest BCUT2D eigenvalue weighted by molar-refractivity contribution is 9.09. The summed E-state index contributed by atoms with van der Waals surface area (Å²) in [7, 11) is 1.70. The number of unbranched alkanes of at least 4 members (excludes halogenated alkanes) is 2. The fraction of sp³-hybridized carbons (Fsp3) is 0.600. The second kappa shape index (κ2) is 9.26. The van der Waals surface area contributed by atoms with Crippen LogP contribution in [0, 0.1) is 0 Å². The van der Waals surface area contributed by atoms with Crippen molar-refractivity contribution >= 4 is 15.9 Å². The van der Waals surface area contributed by atoms with Crippen LogP contribution in [0.1, 0.15) is 38.2 Å². The molecule has 1 aromatic carbocycles. The molecule has 0 saturated carbocycles. The molecule has 0 saturated heterocycles. The second-order valence-corrected chi connectivity index (χ2v) is 5.13. The molecule has 0 amide bonds. The fourth-order valence-corrected chi connectivity index (χ4v) is 2.03. The molecule has 0 radical (unpaired) electrons. The molecule has 18 heavy (non-hydrogen) atoms. The summed E-state index contributed by atoms with van der Waals surface area (Å²) in [5.74, 6) is 1.69. The number of hydrogen-bond acceptors (Lipinski definition) is 2. The molecule has 102 valence electrons. The van der Waals surface area contributed by atoms with Gasteiger partial charge in [-0.1, -0.05) is 41.8 Å². The SMILES string of the molecule is CCCCCc1ccc(OCCCBr)c(OC)c1. The van der Waals surface area contributed by atoms with E-state index in [-0.39, 0.29) is 0 Å². The first-order valence-corrected chi connectivity index (χ1v) is 7.79. The zero-order chi connectivity index (χ0) is 13.2. The van der Waals surface area contributed by atoms with Gasteiger partial charge in [-0.3, -0.25) is 0 Å². The van der Waals surface area contributed by atoms with Crippen molar-refractivity contribution in [3.63, 3.8) is 0 Å². The van der Waals surface area contributed by atoms with Gasteiger partial charge < -0.3 is 9.47 Å². The lowest BCUT2D eigenvalue weighted by molar-refractivity contribution is 0.295. The van der Waals surface area contributed by atoms with Gasteiger partial charge in [0.05, 0.1) is 13.7 Å². The summed E-state index contributed by atoms with van der Waals surface area (Å²) in [6.07, 6.45) is 5.90. The molecule has 0 bridgehead atoms. The van der Waals surface area contributed by atoms with Gasteiger partial charge in [-0.25, -0.2) is 0 Å². The maximum Gasteiger partial charge on any atom is 0.161 e. The van der Waals surface area contributed by atoms with E-state index < -0.39 is 0 Å². The van der Waals surface area contributed by atoms with Crippen molar-refractivity contribution in [2.24, 2.45) is 0 Å². The molecular weight excluding hydrogens is 292 g/mol. The quantitative estimate of drug-likeness (QED) is 0.490. The van der Waals surface area contributed by atoms with Crippen LogP contribution in [0.25, 0.3) is 0 Å². The number of hydrogen-bond donors (Lipinski definition) is 0. The molecule has 0 aromatic heterocycles. The van der Waals surface area contributed by atoms with Gasteiger partial charge in [0, 0.05) is 5.33 Å². The Kier molecular flexibility index (Phi) is 7.90. The van der Waals surface area contributed by atoms with E-state index in [1.165, 1.54) is 24.8 Å². The summed E-state index contributed by atoms with van der Waals surface area (Å²) in [4.78, 5) is 0. The lowest BCUT2D eigenvalue weighted by Crippen LogP contribution is -2.00. The van der Waals surface area contributed by atoms with Gasteiger partial charge in [0.15, 0.2) is 11.5 Å². The van der Waals surface area contributed by atoms with E-state index in [4.69, 9.17) is 9.47 Å². The second-order valence-electron chi connectivity index (χ2n) is 4.33. The number of halogens is 1. The molecule has 0 spiro atoms. The Balaban J connectivity index is 2.58. The zero-order valence-electron chi connectivity index (χ0n) is 11.4. The third kappa shape index (κ3) is 5.30. The molecule has 0 N–H and O–H groups in total. The lowest BCUT2D eigenvalue weighted by atomic mass is 10.1. The molecule has 0 aliphatic rings. The van der Waals surface area contributed by atoms with Crippen LogP contribution in [0.4, 0.5) is 0 Å². The monoisotopic (exact) mass is 314 g/mol. The predicted molar refractivity (Wildman–Crippen MR) is 80.1 cm³/mol. The van der Waals surface area contributed by atoms with Crippen molar-refractivity contribution in [1.29, 1.82) is 0 Å². The van der Waals surface area contributed by atoms with Gasteiger partial charge in [-0.05, 0) is 37.0 Å². The van der Waals surface area contributed by atoms with Crippen LogP contribution in [-0.2, 0) is 6.42 Å². The van der Waals surface area contributed by atoms with Crippen molar-refractivity contribution in [2.45, 2.75) is 39.0 Å². The van der Waals surface area contributed by atoms with Gasteiger partial charge >= 0.3 is 0 Å². The minimum Gasteiger partial charge on any atom is -0.493 e. The highest BCUT2D eigenvalue weighted by Crippen LogP contribution is 2.28. The molecule has 0 unspecified atom stereocenters. The van der Waals surface area contributed by atoms with Gasteiger partial charge in [0.25, 0.3) is 0 Å². The van der Waals surface area contributed by atoms with Gasteiger partial charge in [0.2, 0.25) is 0 Å². The summed E-state index contributed by atoms with van der Waals surface area (Å²) < 4.78 is 11.1. The number of benzene rings is 1. The molecule has 2 nitrogen and oxygen atoms in total. The van der Waals surface area contributed by atoms with Gasteiger partial charge in [0.1, 0.15) is 0 Å². The van der Waals surface area contributed by atoms with Crippen molar-refractivity contribution in [3.8, 4) is 11.5 Å². The van der Waals surface area contributed by atoms with Gasteiger partial charge in [-0.2, -0.15) is 0 Å². The standard InChI is InChI=1S/C15H23BrO2/c1-3-4-5-7-13-8-9-14(15(12-13)17-2)18-11-6-10-16/h8-9,12H,3-7,10-11H2,1-2H3. The number of rotatable bonds is 9. The normalized spacial score (nSPS) is 10.4. The van der Waals surface area contributed by atoms with Crippen LogP contribution in [0.2, 0.25) is 0 Å². The summed E-state index contributed by atoms with van der Waals surface area (Å²) in [5.41, 5.74) is 1.33. The lowest BCUT2D eigenvalue weighted by Gasteiger charge is -2.11. The summed E-state index contributed by atoms with van der Waals surface area (Å²) >= 11 is 3.39. The molecule has 0 heterocycles. The van der Waals surface area contributed by atoms with Crippen LogP contribution in [0.15, 0.2) is 18.2 Å². The molecule has 1 aromatic rings. The van der Waals surface area contributed by atoms with E-state index in [1.54, 1.807) is 7.11 Å². The molecular formula is C15H23BrO2. The topological polar surface area (TPSA) is 18.5 Å². The molecule has 0 fully saturated rings. The Morgan fingerprint density at radius 1 is 1.11 bits per heavy atom. The number of alkyl halides is 1. The number of ether oxygens (including phenoxy) is 2. The van der Waals surface area contributed by atoms with Gasteiger partial charge in [-0.15, -0.1) is 0 Å². The Morgan fingerprint density at radius 3 is 2.61 bits per heavy atom. The first kappa shape index (κ1) is 15.4. The van der Waals surface area contributed by atoms with Crippen molar-refractivity contribution in [3.05, 3.63) is 23.8 Å². The largest absolute Gasteiger partial charge is 0.493 e. The highest BCUT2D eigenvalue weighted by Gasteiger charge is 2.05. The van der Waals surface area contributed by atoms with Crippen LogP contribution in [0.3, 0.4) is 0 Å². The van der Waals surface area contributed by atoms with E-state index in [0.29, 0.717) is 0 Å². The Hall–Kier alpha value is -0.700. The zero-order valence-corrected chi connectivity index (χ0v) is 13.0. The minimum atomic E-state index is 0.719. The first-order chi connectivity index (χ1) is 8.81. The van der Waals surface area contributed by atoms with Crippen LogP contribution in [-0.4, -0.2) is 19.0 Å². The van der Waals surface area contributed by atoms with Crippen LogP contribution >= 0.6 is 15.9 Å². The van der Waals surface area contributed by atoms with Crippen molar-refractivity contribution in [1.82, 2.24) is 0 Å². The maximum absolute atomic E-state index is 5.69. The molecule has 1 rings (SSSR count). The third-order valence-corrected chi connectivity index (χ3v) is 3.39. The molecule has 0 aliphatic heterocycles. The average Bonchev–Trinajstić information content (AvgIpc) is 2.40. The fourth-order valence-electron chi connectivity index (χ4n) is 1.80. The Bertz CT molecular complexity index is 339. The first-order valence-electron chi connectivity index (χ1n) is 6.67. The van der Waals surface area contributed by atoms with E-state index in [9.17, 15) is 0 Å². The minimum absolute atomic E-state index is 0.719. The summed E-state index contributed by atoms with van der Waals surface area (Å²) in [6.45, 7) is 2.94. The average molecular weight is 315 g/mol. The van der Waals surface area contributed by atoms with E-state index >= 15 is 0 Å². The van der Waals surface area contributed by atoms with Crippen LogP contribution < -0.4 is 9.47 Å². The molecule has 0 atom stereocenters. The van der Waals surface area contributed by atoms with Crippen molar-refractivity contribution in [2.75, 3.05) is 19.0 Å². The Labute approximate surface area is 119 Å². The van der Waals surface area contributed by atoms with E-state index in [0.717, 1.165) is 36.3 Å². The van der Waals surface area contributed by atoms with E-state index in [1.807, 2.05) is 6.07 Å². The summed E-state index contributed by atoms with van der Waals surface area (Å²) in [6, 6.07) is 6.26. The predicted octanol–water partition coefficient (Wildman–Crippen LogP) is 4.59. The van der Waals surface area contributed by atoms with Crippen molar-refractivity contribution < 1.29 is 9.47 Å². The smallest absolute Gasteiger partial charge is 0.161 e. The third-order valence-electron chi connectivity index (χ3n) is 2.83. The summed E-state index contributed by atoms with van der Waals surface area (Å²) in [5, 5.41) is 0.963. The molecule has 3 heteroatoms.